The molecule has 0 unspecified atom stereocenters. The quantitative estimate of drug-likeness (QED) is 0.841. The molecule has 2 aromatic heterocycles. The van der Waals surface area contributed by atoms with Crippen LogP contribution in [0.1, 0.15) is 32.1 Å². The summed E-state index contributed by atoms with van der Waals surface area (Å²) in [7, 11) is 2.17. The van der Waals surface area contributed by atoms with Gasteiger partial charge in [0.2, 0.25) is 4.77 Å². The summed E-state index contributed by atoms with van der Waals surface area (Å²) in [6.07, 6.45) is 6.95. The minimum absolute atomic E-state index is 0.633. The van der Waals surface area contributed by atoms with Crippen molar-refractivity contribution >= 4 is 23.6 Å². The molecule has 114 valence electrons. The lowest BCUT2D eigenvalue weighted by Gasteiger charge is -2.26. The normalized spacial score (nSPS) is 16.7. The van der Waals surface area contributed by atoms with Gasteiger partial charge in [0, 0.05) is 6.54 Å². The third-order valence-corrected chi connectivity index (χ3v) is 5.30. The van der Waals surface area contributed by atoms with Crippen molar-refractivity contribution in [2.45, 2.75) is 38.8 Å². The van der Waals surface area contributed by atoms with Crippen molar-refractivity contribution in [2.24, 2.45) is 5.92 Å². The van der Waals surface area contributed by atoms with E-state index < -0.39 is 0 Å². The molecule has 0 aliphatic heterocycles. The number of nitrogens with one attached hydrogen (secondary N) is 1. The van der Waals surface area contributed by atoms with Crippen LogP contribution in [0.3, 0.4) is 0 Å². The van der Waals surface area contributed by atoms with Gasteiger partial charge in [-0.2, -0.15) is 4.98 Å². The molecule has 1 aliphatic carbocycles. The molecule has 0 saturated heterocycles. The van der Waals surface area contributed by atoms with Crippen LogP contribution < -0.4 is 0 Å². The summed E-state index contributed by atoms with van der Waals surface area (Å²) < 4.78 is 2.60. The largest absolute Gasteiger partial charge is 0.287 e. The number of thiophene rings is 1. The lowest BCUT2D eigenvalue weighted by atomic mass is 9.89. The van der Waals surface area contributed by atoms with E-state index in [9.17, 15) is 0 Å². The summed E-state index contributed by atoms with van der Waals surface area (Å²) >= 11 is 7.05. The zero-order valence-corrected chi connectivity index (χ0v) is 14.1. The van der Waals surface area contributed by atoms with E-state index in [0.29, 0.717) is 4.77 Å². The van der Waals surface area contributed by atoms with Crippen LogP contribution in [0.2, 0.25) is 0 Å². The Morgan fingerprint density at radius 3 is 2.95 bits per heavy atom. The standard InChI is InChI=1S/C15H22N4S2/c1-18(10-12-6-3-2-4-7-12)11-19-15(20)16-14(17-19)13-8-5-9-21-13/h5,8-9,12H,2-4,6-7,10-11H2,1H3,(H,16,17,20). The van der Waals surface area contributed by atoms with Crippen molar-refractivity contribution in [1.82, 2.24) is 19.7 Å². The maximum atomic E-state index is 5.37. The van der Waals surface area contributed by atoms with Crippen LogP contribution in [0.4, 0.5) is 0 Å². The van der Waals surface area contributed by atoms with Crippen molar-refractivity contribution in [3.63, 3.8) is 0 Å². The van der Waals surface area contributed by atoms with Gasteiger partial charge in [0.15, 0.2) is 5.82 Å². The van der Waals surface area contributed by atoms with Gasteiger partial charge in [0.25, 0.3) is 0 Å². The third kappa shape index (κ3) is 3.81. The molecular formula is C15H22N4S2. The average Bonchev–Trinajstić information content (AvgIpc) is 3.10. The minimum Gasteiger partial charge on any atom is -0.287 e. The summed E-state index contributed by atoms with van der Waals surface area (Å²) in [5.41, 5.74) is 0. The van der Waals surface area contributed by atoms with E-state index in [2.05, 4.69) is 33.5 Å². The van der Waals surface area contributed by atoms with Crippen LogP contribution in [0.5, 0.6) is 0 Å². The van der Waals surface area contributed by atoms with Gasteiger partial charge >= 0.3 is 0 Å². The molecule has 0 aromatic carbocycles. The second kappa shape index (κ2) is 6.85. The van der Waals surface area contributed by atoms with E-state index in [1.165, 1.54) is 32.1 Å². The van der Waals surface area contributed by atoms with Crippen molar-refractivity contribution in [1.29, 1.82) is 0 Å². The topological polar surface area (TPSA) is 36.9 Å². The molecule has 0 spiro atoms. The number of aromatic amines is 1. The first-order valence-electron chi connectivity index (χ1n) is 7.61. The molecular weight excluding hydrogens is 300 g/mol. The molecule has 0 atom stereocenters. The van der Waals surface area contributed by atoms with Crippen molar-refractivity contribution in [3.8, 4) is 10.7 Å². The fraction of sp³-hybridized carbons (Fsp3) is 0.600. The third-order valence-electron chi connectivity index (χ3n) is 4.11. The average molecular weight is 323 g/mol. The second-order valence-electron chi connectivity index (χ2n) is 5.94. The number of hydrogen-bond donors (Lipinski definition) is 1. The highest BCUT2D eigenvalue weighted by molar-refractivity contribution is 7.71. The zero-order chi connectivity index (χ0) is 14.7. The Hall–Kier alpha value is -0.980. The maximum Gasteiger partial charge on any atom is 0.217 e. The molecule has 6 heteroatoms. The number of aromatic nitrogens is 3. The molecule has 1 N–H and O–H groups in total. The highest BCUT2D eigenvalue weighted by atomic mass is 32.1. The molecule has 0 amide bonds. The molecule has 21 heavy (non-hydrogen) atoms. The van der Waals surface area contributed by atoms with E-state index in [1.807, 2.05) is 10.7 Å². The van der Waals surface area contributed by atoms with Gasteiger partial charge in [-0.25, -0.2) is 4.68 Å². The van der Waals surface area contributed by atoms with E-state index in [0.717, 1.165) is 29.8 Å². The fourth-order valence-electron chi connectivity index (χ4n) is 3.09. The predicted molar refractivity (Wildman–Crippen MR) is 89.9 cm³/mol. The van der Waals surface area contributed by atoms with Gasteiger partial charge in [-0.15, -0.1) is 11.3 Å². The molecule has 0 radical (unpaired) electrons. The van der Waals surface area contributed by atoms with Gasteiger partial charge in [0.05, 0.1) is 11.5 Å². The van der Waals surface area contributed by atoms with Crippen molar-refractivity contribution < 1.29 is 0 Å². The molecule has 2 heterocycles. The Kier molecular flexibility index (Phi) is 4.87. The Morgan fingerprint density at radius 1 is 1.43 bits per heavy atom. The smallest absolute Gasteiger partial charge is 0.217 e. The molecule has 2 aromatic rings. The Labute approximate surface area is 134 Å². The van der Waals surface area contributed by atoms with E-state index >= 15 is 0 Å². The molecule has 3 rings (SSSR count). The van der Waals surface area contributed by atoms with Crippen LogP contribution in [0.15, 0.2) is 17.5 Å². The van der Waals surface area contributed by atoms with Crippen LogP contribution in [0, 0.1) is 10.7 Å². The summed E-state index contributed by atoms with van der Waals surface area (Å²) in [5, 5.41) is 5.38. The molecule has 0 bridgehead atoms. The Morgan fingerprint density at radius 2 is 2.24 bits per heavy atom. The highest BCUT2D eigenvalue weighted by Gasteiger charge is 2.16. The summed E-state index contributed by atoms with van der Waals surface area (Å²) in [5.74, 6) is 1.72. The van der Waals surface area contributed by atoms with Gasteiger partial charge in [-0.3, -0.25) is 10.00 Å². The lowest BCUT2D eigenvalue weighted by Crippen LogP contribution is -2.29. The number of rotatable bonds is 5. The van der Waals surface area contributed by atoms with Crippen molar-refractivity contribution in [2.75, 3.05) is 13.6 Å². The number of H-pyrrole nitrogens is 1. The van der Waals surface area contributed by atoms with E-state index in [4.69, 9.17) is 12.2 Å². The SMILES string of the molecule is CN(CC1CCCCC1)Cn1[nH]c(-c2cccs2)nc1=S. The first kappa shape index (κ1) is 14.9. The fourth-order valence-corrected chi connectivity index (χ4v) is 3.94. The van der Waals surface area contributed by atoms with Crippen molar-refractivity contribution in [3.05, 3.63) is 22.3 Å². The van der Waals surface area contributed by atoms with Gasteiger partial charge in [0.1, 0.15) is 0 Å². The van der Waals surface area contributed by atoms with Crippen LogP contribution in [0.25, 0.3) is 10.7 Å². The van der Waals surface area contributed by atoms with Gasteiger partial charge in [-0.05, 0) is 49.5 Å². The molecule has 1 saturated carbocycles. The van der Waals surface area contributed by atoms with Crippen LogP contribution >= 0.6 is 23.6 Å². The highest BCUT2D eigenvalue weighted by Crippen LogP contribution is 2.24. The zero-order valence-electron chi connectivity index (χ0n) is 12.4. The lowest BCUT2D eigenvalue weighted by molar-refractivity contribution is 0.189. The molecule has 1 fully saturated rings. The number of nitrogens with zero attached hydrogens (tertiary/aromatic N) is 3. The summed E-state index contributed by atoms with van der Waals surface area (Å²) in [6, 6.07) is 4.10. The molecule has 1 aliphatic rings. The van der Waals surface area contributed by atoms with Crippen LogP contribution in [-0.4, -0.2) is 33.3 Å². The molecule has 4 nitrogen and oxygen atoms in total. The first-order chi connectivity index (χ1) is 10.2. The monoisotopic (exact) mass is 322 g/mol. The van der Waals surface area contributed by atoms with E-state index in [1.54, 1.807) is 11.3 Å². The van der Waals surface area contributed by atoms with Gasteiger partial charge < -0.3 is 0 Å². The second-order valence-corrected chi connectivity index (χ2v) is 7.26. The van der Waals surface area contributed by atoms with Crippen LogP contribution in [-0.2, 0) is 6.67 Å². The Bertz CT molecular complexity index is 608. The summed E-state index contributed by atoms with van der Waals surface area (Å²) in [4.78, 5) is 7.94. The van der Waals surface area contributed by atoms with Gasteiger partial charge in [-0.1, -0.05) is 25.3 Å². The van der Waals surface area contributed by atoms with E-state index in [-0.39, 0.29) is 0 Å². The predicted octanol–water partition coefficient (Wildman–Crippen LogP) is 4.14. The maximum absolute atomic E-state index is 5.37. The first-order valence-corrected chi connectivity index (χ1v) is 8.90. The summed E-state index contributed by atoms with van der Waals surface area (Å²) in [6.45, 7) is 1.93. The number of hydrogen-bond acceptors (Lipinski definition) is 4. The Balaban J connectivity index is 1.63. The minimum atomic E-state index is 0.633.